The summed E-state index contributed by atoms with van der Waals surface area (Å²) in [6.45, 7) is 1.10. The molecular formula is C15H15N5O2. The molecule has 0 atom stereocenters. The molecule has 2 aromatic rings. The number of hydrogen-bond acceptors (Lipinski definition) is 5. The fourth-order valence-electron chi connectivity index (χ4n) is 2.22. The predicted octanol–water partition coefficient (Wildman–Crippen LogP) is 0.792. The van der Waals surface area contributed by atoms with E-state index in [1.165, 1.54) is 4.90 Å². The average Bonchev–Trinajstić information content (AvgIpc) is 2.55. The Morgan fingerprint density at radius 1 is 1.23 bits per heavy atom. The quantitative estimate of drug-likeness (QED) is 0.874. The summed E-state index contributed by atoms with van der Waals surface area (Å²) in [7, 11) is 0. The van der Waals surface area contributed by atoms with Gasteiger partial charge in [0.2, 0.25) is 11.9 Å². The second kappa shape index (κ2) is 6.21. The first-order valence-corrected chi connectivity index (χ1v) is 6.92. The topological polar surface area (TPSA) is 87.2 Å². The van der Waals surface area contributed by atoms with Crippen LogP contribution in [0.4, 0.5) is 11.6 Å². The van der Waals surface area contributed by atoms with Gasteiger partial charge in [0.1, 0.15) is 0 Å². The van der Waals surface area contributed by atoms with Crippen molar-refractivity contribution in [3.8, 4) is 0 Å². The number of hydrogen-bond donors (Lipinski definition) is 2. The van der Waals surface area contributed by atoms with E-state index >= 15 is 0 Å². The summed E-state index contributed by atoms with van der Waals surface area (Å²) < 4.78 is 0. The van der Waals surface area contributed by atoms with Gasteiger partial charge in [-0.1, -0.05) is 6.07 Å². The first kappa shape index (κ1) is 14.0. The van der Waals surface area contributed by atoms with Crippen molar-refractivity contribution in [2.45, 2.75) is 0 Å². The fourth-order valence-corrected chi connectivity index (χ4v) is 2.22. The van der Waals surface area contributed by atoms with E-state index in [-0.39, 0.29) is 18.4 Å². The third kappa shape index (κ3) is 3.20. The fraction of sp³-hybridized carbons (Fsp3) is 0.200. The molecule has 1 aliphatic heterocycles. The molecule has 0 aliphatic carbocycles. The molecule has 22 heavy (non-hydrogen) atoms. The van der Waals surface area contributed by atoms with Crippen LogP contribution in [-0.4, -0.2) is 46.3 Å². The molecule has 2 heterocycles. The molecule has 0 spiro atoms. The molecule has 0 bridgehead atoms. The van der Waals surface area contributed by atoms with Crippen LogP contribution in [0.5, 0.6) is 0 Å². The zero-order valence-electron chi connectivity index (χ0n) is 11.8. The first-order chi connectivity index (χ1) is 10.7. The minimum absolute atomic E-state index is 0.0955. The molecule has 2 N–H and O–H groups in total. The zero-order chi connectivity index (χ0) is 15.4. The Morgan fingerprint density at radius 2 is 2.05 bits per heavy atom. The van der Waals surface area contributed by atoms with Crippen LogP contribution < -0.4 is 10.6 Å². The minimum Gasteiger partial charge on any atom is -0.353 e. The van der Waals surface area contributed by atoms with Gasteiger partial charge in [0, 0.05) is 36.7 Å². The van der Waals surface area contributed by atoms with E-state index in [9.17, 15) is 9.59 Å². The Kier molecular flexibility index (Phi) is 3.95. The lowest BCUT2D eigenvalue weighted by atomic mass is 10.1. The van der Waals surface area contributed by atoms with Gasteiger partial charge in [0.25, 0.3) is 5.91 Å². The van der Waals surface area contributed by atoms with Gasteiger partial charge in [-0.05, 0) is 24.3 Å². The van der Waals surface area contributed by atoms with Crippen LogP contribution in [0.15, 0.2) is 42.7 Å². The van der Waals surface area contributed by atoms with Gasteiger partial charge >= 0.3 is 0 Å². The molecular weight excluding hydrogens is 282 g/mol. The number of carbonyl (C=O) groups is 2. The van der Waals surface area contributed by atoms with Crippen molar-refractivity contribution in [3.05, 3.63) is 48.3 Å². The van der Waals surface area contributed by atoms with Crippen LogP contribution in [-0.2, 0) is 4.79 Å². The average molecular weight is 297 g/mol. The summed E-state index contributed by atoms with van der Waals surface area (Å²) in [5, 5.41) is 5.74. The third-order valence-corrected chi connectivity index (χ3v) is 3.26. The van der Waals surface area contributed by atoms with Crippen molar-refractivity contribution in [1.29, 1.82) is 0 Å². The molecule has 1 aromatic heterocycles. The predicted molar refractivity (Wildman–Crippen MR) is 80.7 cm³/mol. The lowest BCUT2D eigenvalue weighted by Gasteiger charge is -2.26. The molecule has 7 nitrogen and oxygen atoms in total. The van der Waals surface area contributed by atoms with Crippen molar-refractivity contribution >= 4 is 23.5 Å². The molecule has 1 saturated heterocycles. The smallest absolute Gasteiger partial charge is 0.254 e. The highest BCUT2D eigenvalue weighted by atomic mass is 16.2. The summed E-state index contributed by atoms with van der Waals surface area (Å²) in [5.74, 6) is 0.170. The number of nitrogens with one attached hydrogen (secondary N) is 2. The van der Waals surface area contributed by atoms with Crippen molar-refractivity contribution < 1.29 is 9.59 Å². The number of piperazine rings is 1. The molecule has 2 amide bonds. The van der Waals surface area contributed by atoms with E-state index < -0.39 is 0 Å². The normalized spacial score (nSPS) is 14.4. The monoisotopic (exact) mass is 297 g/mol. The van der Waals surface area contributed by atoms with Crippen molar-refractivity contribution in [1.82, 2.24) is 20.2 Å². The first-order valence-electron chi connectivity index (χ1n) is 6.92. The van der Waals surface area contributed by atoms with Gasteiger partial charge in [-0.15, -0.1) is 0 Å². The van der Waals surface area contributed by atoms with Gasteiger partial charge < -0.3 is 15.5 Å². The number of carbonyl (C=O) groups excluding carboxylic acids is 2. The number of rotatable bonds is 3. The Bertz CT molecular complexity index is 689. The van der Waals surface area contributed by atoms with Crippen molar-refractivity contribution in [2.24, 2.45) is 0 Å². The van der Waals surface area contributed by atoms with Crippen molar-refractivity contribution in [2.75, 3.05) is 25.0 Å². The molecule has 1 aliphatic rings. The Hall–Kier alpha value is -2.96. The number of anilines is 2. The lowest BCUT2D eigenvalue weighted by Crippen LogP contribution is -2.49. The van der Waals surface area contributed by atoms with Crippen LogP contribution in [0.2, 0.25) is 0 Å². The standard InChI is InChI=1S/C15H15N5O2/c21-13-10-20(8-7-16-13)14(22)11-3-1-4-12(9-11)19-15-17-5-2-6-18-15/h1-6,9H,7-8,10H2,(H,16,21)(H,17,18,19). The SMILES string of the molecule is O=C1CN(C(=O)c2cccc(Nc3ncccn3)c2)CCN1. The van der Waals surface area contributed by atoms with Crippen LogP contribution in [0.25, 0.3) is 0 Å². The Morgan fingerprint density at radius 3 is 2.82 bits per heavy atom. The molecule has 112 valence electrons. The van der Waals surface area contributed by atoms with E-state index in [1.807, 2.05) is 6.07 Å². The Balaban J connectivity index is 1.76. The number of benzene rings is 1. The van der Waals surface area contributed by atoms with E-state index in [4.69, 9.17) is 0 Å². The summed E-state index contributed by atoms with van der Waals surface area (Å²) in [5.41, 5.74) is 1.24. The summed E-state index contributed by atoms with van der Waals surface area (Å²) in [6.07, 6.45) is 3.27. The van der Waals surface area contributed by atoms with Gasteiger partial charge in [0.05, 0.1) is 6.54 Å². The molecule has 1 fully saturated rings. The minimum atomic E-state index is -0.160. The number of amides is 2. The molecule has 3 rings (SSSR count). The van der Waals surface area contributed by atoms with Crippen LogP contribution in [0, 0.1) is 0 Å². The molecule has 0 radical (unpaired) electrons. The number of nitrogens with zero attached hydrogens (tertiary/aromatic N) is 3. The van der Waals surface area contributed by atoms with Crippen LogP contribution >= 0.6 is 0 Å². The largest absolute Gasteiger partial charge is 0.353 e. The van der Waals surface area contributed by atoms with Gasteiger partial charge in [0.15, 0.2) is 0 Å². The molecule has 7 heteroatoms. The molecule has 0 saturated carbocycles. The van der Waals surface area contributed by atoms with E-state index in [0.717, 1.165) is 5.69 Å². The van der Waals surface area contributed by atoms with Crippen molar-refractivity contribution in [3.63, 3.8) is 0 Å². The second-order valence-electron chi connectivity index (χ2n) is 4.85. The summed E-state index contributed by atoms with van der Waals surface area (Å²) >= 11 is 0. The third-order valence-electron chi connectivity index (χ3n) is 3.26. The maximum atomic E-state index is 12.4. The van der Waals surface area contributed by atoms with Crippen LogP contribution in [0.1, 0.15) is 10.4 Å². The molecule has 1 aromatic carbocycles. The molecule has 0 unspecified atom stereocenters. The van der Waals surface area contributed by atoms with Gasteiger partial charge in [-0.3, -0.25) is 9.59 Å². The van der Waals surface area contributed by atoms with E-state index in [2.05, 4.69) is 20.6 Å². The highest BCUT2D eigenvalue weighted by Crippen LogP contribution is 2.16. The number of aromatic nitrogens is 2. The van der Waals surface area contributed by atoms with Gasteiger partial charge in [-0.25, -0.2) is 9.97 Å². The zero-order valence-corrected chi connectivity index (χ0v) is 11.8. The van der Waals surface area contributed by atoms with E-state index in [1.54, 1.807) is 36.7 Å². The highest BCUT2D eigenvalue weighted by Gasteiger charge is 2.22. The second-order valence-corrected chi connectivity index (χ2v) is 4.85. The maximum absolute atomic E-state index is 12.4. The lowest BCUT2D eigenvalue weighted by molar-refractivity contribution is -0.123. The summed E-state index contributed by atoms with van der Waals surface area (Å²) in [4.78, 5) is 33.5. The van der Waals surface area contributed by atoms with Gasteiger partial charge in [-0.2, -0.15) is 0 Å². The van der Waals surface area contributed by atoms with Crippen LogP contribution in [0.3, 0.4) is 0 Å². The Labute approximate surface area is 127 Å². The maximum Gasteiger partial charge on any atom is 0.254 e. The highest BCUT2D eigenvalue weighted by molar-refractivity contribution is 5.97. The van der Waals surface area contributed by atoms with E-state index in [0.29, 0.717) is 24.6 Å². The summed E-state index contributed by atoms with van der Waals surface area (Å²) in [6, 6.07) is 8.79.